The van der Waals surface area contributed by atoms with Crippen LogP contribution in [0.3, 0.4) is 0 Å². The Kier molecular flexibility index (Phi) is 4.93. The summed E-state index contributed by atoms with van der Waals surface area (Å²) in [5, 5.41) is 6.60. The van der Waals surface area contributed by atoms with Gasteiger partial charge in [-0.3, -0.25) is 4.79 Å². The molecule has 7 heteroatoms. The lowest BCUT2D eigenvalue weighted by Gasteiger charge is -2.11. The van der Waals surface area contributed by atoms with E-state index in [0.717, 1.165) is 5.56 Å². The Labute approximate surface area is 128 Å². The highest BCUT2D eigenvalue weighted by Gasteiger charge is 2.28. The van der Waals surface area contributed by atoms with Gasteiger partial charge in [-0.1, -0.05) is 17.3 Å². The van der Waals surface area contributed by atoms with Gasteiger partial charge in [0.2, 0.25) is 12.2 Å². The van der Waals surface area contributed by atoms with E-state index in [9.17, 15) is 4.79 Å². The molecule has 3 N–H and O–H groups in total. The molecule has 1 aliphatic carbocycles. The zero-order chi connectivity index (χ0) is 13.9. The lowest BCUT2D eigenvalue weighted by atomic mass is 10.1. The number of amides is 1. The van der Waals surface area contributed by atoms with Crippen LogP contribution in [0.5, 0.6) is 0 Å². The smallest absolute Gasteiger partial charge is 0.251 e. The fraction of sp³-hybridized carbons (Fsp3) is 0.357. The molecule has 1 aliphatic rings. The molecule has 1 heterocycles. The van der Waals surface area contributed by atoms with Crippen LogP contribution >= 0.6 is 12.4 Å². The van der Waals surface area contributed by atoms with E-state index in [0.29, 0.717) is 23.9 Å². The van der Waals surface area contributed by atoms with Gasteiger partial charge < -0.3 is 15.6 Å². The van der Waals surface area contributed by atoms with Crippen LogP contribution < -0.4 is 11.1 Å². The Morgan fingerprint density at radius 3 is 2.67 bits per heavy atom. The summed E-state index contributed by atoms with van der Waals surface area (Å²) >= 11 is 0. The van der Waals surface area contributed by atoms with Gasteiger partial charge in [0.25, 0.3) is 5.91 Å². The van der Waals surface area contributed by atoms with Gasteiger partial charge in [-0.15, -0.1) is 12.4 Å². The van der Waals surface area contributed by atoms with Gasteiger partial charge in [0.1, 0.15) is 0 Å². The van der Waals surface area contributed by atoms with Gasteiger partial charge in [-0.2, -0.15) is 4.98 Å². The zero-order valence-electron chi connectivity index (χ0n) is 11.4. The van der Waals surface area contributed by atoms with Crippen LogP contribution in [0.4, 0.5) is 0 Å². The number of hydrogen-bond acceptors (Lipinski definition) is 5. The molecule has 1 fully saturated rings. The number of nitrogens with zero attached hydrogens (tertiary/aromatic N) is 2. The number of hydrogen-bond donors (Lipinski definition) is 2. The van der Waals surface area contributed by atoms with Gasteiger partial charge in [-0.05, 0) is 30.9 Å². The fourth-order valence-electron chi connectivity index (χ4n) is 2.07. The van der Waals surface area contributed by atoms with Crippen molar-refractivity contribution in [2.75, 3.05) is 6.54 Å². The molecule has 1 aromatic heterocycles. The maximum Gasteiger partial charge on any atom is 0.251 e. The maximum absolute atomic E-state index is 12.0. The van der Waals surface area contributed by atoms with Crippen molar-refractivity contribution in [3.05, 3.63) is 36.2 Å². The van der Waals surface area contributed by atoms with E-state index >= 15 is 0 Å². The third-order valence-electron chi connectivity index (χ3n) is 3.49. The molecule has 0 radical (unpaired) electrons. The highest BCUT2D eigenvalue weighted by atomic mass is 35.5. The minimum Gasteiger partial charge on any atom is -0.350 e. The molecule has 21 heavy (non-hydrogen) atoms. The first-order valence-corrected chi connectivity index (χ1v) is 6.64. The van der Waals surface area contributed by atoms with Crippen molar-refractivity contribution in [2.24, 2.45) is 11.7 Å². The molecule has 0 spiro atoms. The number of nitrogens with two attached hydrogens (primary N) is 1. The van der Waals surface area contributed by atoms with Crippen molar-refractivity contribution in [1.82, 2.24) is 15.5 Å². The Balaban J connectivity index is 0.00000161. The largest absolute Gasteiger partial charge is 0.350 e. The Morgan fingerprint density at radius 2 is 2.10 bits per heavy atom. The van der Waals surface area contributed by atoms with Crippen LogP contribution in [0, 0.1) is 5.92 Å². The molecule has 0 saturated heterocycles. The first kappa shape index (κ1) is 15.5. The van der Waals surface area contributed by atoms with Crippen molar-refractivity contribution in [1.29, 1.82) is 0 Å². The van der Waals surface area contributed by atoms with E-state index in [2.05, 4.69) is 20.0 Å². The van der Waals surface area contributed by atoms with Crippen molar-refractivity contribution >= 4 is 18.3 Å². The first-order chi connectivity index (χ1) is 9.74. The third-order valence-corrected chi connectivity index (χ3v) is 3.49. The van der Waals surface area contributed by atoms with Gasteiger partial charge in [0.15, 0.2) is 0 Å². The Hall–Kier alpha value is -1.92. The summed E-state index contributed by atoms with van der Waals surface area (Å²) in [5.74, 6) is 0.976. The average Bonchev–Trinajstić information content (AvgIpc) is 3.19. The molecule has 1 atom stereocenters. The number of halogens is 1. The number of rotatable bonds is 5. The highest BCUT2D eigenvalue weighted by Crippen LogP contribution is 2.31. The van der Waals surface area contributed by atoms with E-state index in [-0.39, 0.29) is 24.4 Å². The Bertz CT molecular complexity index is 582. The van der Waals surface area contributed by atoms with E-state index in [4.69, 9.17) is 5.73 Å². The topological polar surface area (TPSA) is 94.0 Å². The predicted octanol–water partition coefficient (Wildman–Crippen LogP) is 1.63. The molecule has 3 rings (SSSR count). The maximum atomic E-state index is 12.0. The quantitative estimate of drug-likeness (QED) is 0.875. The molecular weight excluding hydrogens is 292 g/mol. The summed E-state index contributed by atoms with van der Waals surface area (Å²) in [6.45, 7) is 0.524. The highest BCUT2D eigenvalue weighted by molar-refractivity contribution is 5.94. The monoisotopic (exact) mass is 308 g/mol. The van der Waals surface area contributed by atoms with Crippen molar-refractivity contribution in [3.8, 4) is 11.4 Å². The summed E-state index contributed by atoms with van der Waals surface area (Å²) in [6.07, 6.45) is 3.63. The summed E-state index contributed by atoms with van der Waals surface area (Å²) in [6, 6.07) is 7.13. The predicted molar refractivity (Wildman–Crippen MR) is 80.0 cm³/mol. The third kappa shape index (κ3) is 3.80. The molecule has 1 unspecified atom stereocenters. The molecule has 0 aliphatic heterocycles. The summed E-state index contributed by atoms with van der Waals surface area (Å²) in [4.78, 5) is 15.9. The van der Waals surface area contributed by atoms with Crippen molar-refractivity contribution in [3.63, 3.8) is 0 Å². The van der Waals surface area contributed by atoms with Crippen LogP contribution in [-0.4, -0.2) is 28.6 Å². The zero-order valence-corrected chi connectivity index (χ0v) is 12.2. The van der Waals surface area contributed by atoms with E-state index < -0.39 is 0 Å². The minimum absolute atomic E-state index is 0. The minimum atomic E-state index is -0.110. The second-order valence-electron chi connectivity index (χ2n) is 5.04. The summed E-state index contributed by atoms with van der Waals surface area (Å²) < 4.78 is 4.69. The molecule has 1 aromatic carbocycles. The number of benzene rings is 1. The molecule has 1 amide bonds. The summed E-state index contributed by atoms with van der Waals surface area (Å²) in [5.41, 5.74) is 7.36. The van der Waals surface area contributed by atoms with Gasteiger partial charge in [-0.25, -0.2) is 0 Å². The molecule has 0 bridgehead atoms. The van der Waals surface area contributed by atoms with Gasteiger partial charge in [0, 0.05) is 23.7 Å². The van der Waals surface area contributed by atoms with Crippen LogP contribution in [0.15, 0.2) is 35.2 Å². The van der Waals surface area contributed by atoms with Gasteiger partial charge in [0.05, 0.1) is 0 Å². The molecule has 1 saturated carbocycles. The van der Waals surface area contributed by atoms with Crippen LogP contribution in [0.1, 0.15) is 23.2 Å². The number of carbonyl (C=O) groups is 1. The molecular formula is C14H17ClN4O2. The van der Waals surface area contributed by atoms with Crippen molar-refractivity contribution in [2.45, 2.75) is 18.9 Å². The Morgan fingerprint density at radius 1 is 1.38 bits per heavy atom. The standard InChI is InChI=1S/C14H16N4O2.ClH/c15-12(9-1-2-9)7-16-14(19)11-5-3-10(4-6-11)13-17-8-20-18-13;/h3-6,8-9,12H,1-2,7,15H2,(H,16,19);1H. The van der Waals surface area contributed by atoms with Crippen LogP contribution in [-0.2, 0) is 0 Å². The van der Waals surface area contributed by atoms with E-state index in [1.807, 2.05) is 0 Å². The first-order valence-electron chi connectivity index (χ1n) is 6.64. The van der Waals surface area contributed by atoms with Crippen molar-refractivity contribution < 1.29 is 9.32 Å². The lowest BCUT2D eigenvalue weighted by Crippen LogP contribution is -2.38. The SMILES string of the molecule is Cl.NC(CNC(=O)c1ccc(-c2ncon2)cc1)C1CC1. The van der Waals surface area contributed by atoms with Crippen LogP contribution in [0.25, 0.3) is 11.4 Å². The summed E-state index contributed by atoms with van der Waals surface area (Å²) in [7, 11) is 0. The van der Waals surface area contributed by atoms with Gasteiger partial charge >= 0.3 is 0 Å². The number of carbonyl (C=O) groups excluding carboxylic acids is 1. The normalized spacial score (nSPS) is 15.1. The molecule has 2 aromatic rings. The van der Waals surface area contributed by atoms with Crippen LogP contribution in [0.2, 0.25) is 0 Å². The second-order valence-corrected chi connectivity index (χ2v) is 5.04. The number of nitrogens with one attached hydrogen (secondary N) is 1. The fourth-order valence-corrected chi connectivity index (χ4v) is 2.07. The number of aromatic nitrogens is 2. The average molecular weight is 309 g/mol. The second kappa shape index (κ2) is 6.69. The lowest BCUT2D eigenvalue weighted by molar-refractivity contribution is 0.0950. The molecule has 6 nitrogen and oxygen atoms in total. The van der Waals surface area contributed by atoms with E-state index in [1.165, 1.54) is 19.2 Å². The van der Waals surface area contributed by atoms with E-state index in [1.54, 1.807) is 24.3 Å². The molecule has 112 valence electrons.